The molecule has 0 spiro atoms. The zero-order chi connectivity index (χ0) is 16.8. The number of carbonyl (C=O) groups excluding carboxylic acids is 2. The lowest BCUT2D eigenvalue weighted by Crippen LogP contribution is -2.10. The van der Waals surface area contributed by atoms with Crippen LogP contribution in [0, 0.1) is 0 Å². The van der Waals surface area contributed by atoms with Crippen LogP contribution in [0.25, 0.3) is 0 Å². The minimum atomic E-state index is -0.617. The van der Waals surface area contributed by atoms with Crippen molar-refractivity contribution in [3.8, 4) is 5.75 Å². The van der Waals surface area contributed by atoms with Gasteiger partial charge in [0.1, 0.15) is 5.75 Å². The molecule has 2 aromatic rings. The molecule has 0 bridgehead atoms. The molecule has 0 radical (unpaired) electrons. The first-order chi connectivity index (χ1) is 11.0. The number of halogens is 2. The number of rotatable bonds is 5. The summed E-state index contributed by atoms with van der Waals surface area (Å²) in [4.78, 5) is 23.9. The third-order valence-electron chi connectivity index (χ3n) is 2.82. The van der Waals surface area contributed by atoms with Crippen molar-refractivity contribution in [1.29, 1.82) is 0 Å². The summed E-state index contributed by atoms with van der Waals surface area (Å²) in [5, 5.41) is 0.669. The SMILES string of the molecule is CCCOC(=O)c1cccc(OC(=O)c2cc(Cl)cc(Cl)c2)c1. The van der Waals surface area contributed by atoms with Crippen LogP contribution in [0.1, 0.15) is 34.1 Å². The molecular weight excluding hydrogens is 339 g/mol. The van der Waals surface area contributed by atoms with Gasteiger partial charge in [-0.05, 0) is 42.8 Å². The Morgan fingerprint density at radius 3 is 2.30 bits per heavy atom. The van der Waals surface area contributed by atoms with Gasteiger partial charge in [0.2, 0.25) is 0 Å². The molecule has 0 amide bonds. The summed E-state index contributed by atoms with van der Waals surface area (Å²) in [6.07, 6.45) is 0.732. The summed E-state index contributed by atoms with van der Waals surface area (Å²) < 4.78 is 10.3. The van der Waals surface area contributed by atoms with Crippen LogP contribution in [0.3, 0.4) is 0 Å². The maximum Gasteiger partial charge on any atom is 0.343 e. The predicted molar refractivity (Wildman–Crippen MR) is 88.4 cm³/mol. The first-order valence-corrected chi connectivity index (χ1v) is 7.70. The van der Waals surface area contributed by atoms with Crippen molar-refractivity contribution in [2.75, 3.05) is 6.61 Å². The fraction of sp³-hybridized carbons (Fsp3) is 0.176. The Balaban J connectivity index is 2.13. The van der Waals surface area contributed by atoms with Crippen LogP contribution < -0.4 is 4.74 Å². The predicted octanol–water partition coefficient (Wildman–Crippen LogP) is 4.78. The van der Waals surface area contributed by atoms with E-state index >= 15 is 0 Å². The Bertz CT molecular complexity index is 708. The average molecular weight is 353 g/mol. The topological polar surface area (TPSA) is 52.6 Å². The molecule has 2 aromatic carbocycles. The smallest absolute Gasteiger partial charge is 0.343 e. The molecule has 0 unspecified atom stereocenters. The lowest BCUT2D eigenvalue weighted by Gasteiger charge is -2.07. The minimum absolute atomic E-state index is 0.224. The molecule has 4 nitrogen and oxygen atoms in total. The van der Waals surface area contributed by atoms with E-state index in [1.807, 2.05) is 6.92 Å². The quantitative estimate of drug-likeness (QED) is 0.573. The molecule has 0 atom stereocenters. The molecule has 0 aliphatic rings. The van der Waals surface area contributed by atoms with E-state index in [4.69, 9.17) is 32.7 Å². The van der Waals surface area contributed by atoms with Gasteiger partial charge in [-0.25, -0.2) is 9.59 Å². The fourth-order valence-electron chi connectivity index (χ4n) is 1.80. The van der Waals surface area contributed by atoms with Gasteiger partial charge in [0, 0.05) is 10.0 Å². The molecule has 0 heterocycles. The monoisotopic (exact) mass is 352 g/mol. The minimum Gasteiger partial charge on any atom is -0.462 e. The number of hydrogen-bond donors (Lipinski definition) is 0. The van der Waals surface area contributed by atoms with Crippen LogP contribution >= 0.6 is 23.2 Å². The van der Waals surface area contributed by atoms with Gasteiger partial charge in [-0.15, -0.1) is 0 Å². The largest absolute Gasteiger partial charge is 0.462 e. The van der Waals surface area contributed by atoms with Crippen molar-refractivity contribution in [3.63, 3.8) is 0 Å². The van der Waals surface area contributed by atoms with E-state index in [9.17, 15) is 9.59 Å². The van der Waals surface area contributed by atoms with Gasteiger partial charge in [-0.3, -0.25) is 0 Å². The molecule has 120 valence electrons. The maximum atomic E-state index is 12.1. The Labute approximate surface area is 143 Å². The third kappa shape index (κ3) is 4.98. The lowest BCUT2D eigenvalue weighted by atomic mass is 10.2. The van der Waals surface area contributed by atoms with Crippen molar-refractivity contribution in [1.82, 2.24) is 0 Å². The second-order valence-electron chi connectivity index (χ2n) is 4.71. The summed E-state index contributed by atoms with van der Waals surface area (Å²) in [5.74, 6) is -0.846. The van der Waals surface area contributed by atoms with E-state index < -0.39 is 11.9 Å². The van der Waals surface area contributed by atoms with Crippen LogP contribution in [-0.4, -0.2) is 18.5 Å². The molecular formula is C17H14Cl2O4. The Morgan fingerprint density at radius 2 is 1.65 bits per heavy atom. The van der Waals surface area contributed by atoms with Crippen molar-refractivity contribution >= 4 is 35.1 Å². The summed E-state index contributed by atoms with van der Waals surface area (Å²) in [6, 6.07) is 10.6. The second kappa shape index (κ2) is 7.99. The zero-order valence-electron chi connectivity index (χ0n) is 12.3. The number of carbonyl (C=O) groups is 2. The van der Waals surface area contributed by atoms with Crippen molar-refractivity contribution in [2.45, 2.75) is 13.3 Å². The molecule has 0 aliphatic heterocycles. The van der Waals surface area contributed by atoms with Gasteiger partial charge < -0.3 is 9.47 Å². The molecule has 23 heavy (non-hydrogen) atoms. The van der Waals surface area contributed by atoms with Gasteiger partial charge >= 0.3 is 11.9 Å². The summed E-state index contributed by atoms with van der Waals surface area (Å²) in [7, 11) is 0. The fourth-order valence-corrected chi connectivity index (χ4v) is 2.33. The van der Waals surface area contributed by atoms with E-state index in [1.54, 1.807) is 18.2 Å². The van der Waals surface area contributed by atoms with Gasteiger partial charge in [0.25, 0.3) is 0 Å². The Morgan fingerprint density at radius 1 is 0.957 bits per heavy atom. The van der Waals surface area contributed by atoms with Crippen LogP contribution in [0.4, 0.5) is 0 Å². The number of ether oxygens (including phenoxy) is 2. The standard InChI is InChI=1S/C17H14Cl2O4/c1-2-6-22-16(20)11-4-3-5-15(9-11)23-17(21)12-7-13(18)10-14(19)8-12/h3-5,7-10H,2,6H2,1H3. The highest BCUT2D eigenvalue weighted by molar-refractivity contribution is 6.35. The molecule has 2 rings (SSSR count). The average Bonchev–Trinajstić information content (AvgIpc) is 2.52. The second-order valence-corrected chi connectivity index (χ2v) is 5.58. The molecule has 0 fully saturated rings. The zero-order valence-corrected chi connectivity index (χ0v) is 13.9. The molecule has 0 aliphatic carbocycles. The van der Waals surface area contributed by atoms with Crippen molar-refractivity contribution in [2.24, 2.45) is 0 Å². The van der Waals surface area contributed by atoms with E-state index in [2.05, 4.69) is 0 Å². The highest BCUT2D eigenvalue weighted by Crippen LogP contribution is 2.21. The number of benzene rings is 2. The van der Waals surface area contributed by atoms with Gasteiger partial charge in [-0.2, -0.15) is 0 Å². The van der Waals surface area contributed by atoms with Crippen LogP contribution in [0.15, 0.2) is 42.5 Å². The molecule has 0 saturated heterocycles. The number of esters is 2. The van der Waals surface area contributed by atoms with Crippen LogP contribution in [0.2, 0.25) is 10.0 Å². The lowest BCUT2D eigenvalue weighted by molar-refractivity contribution is 0.0503. The molecule has 0 aromatic heterocycles. The third-order valence-corrected chi connectivity index (χ3v) is 3.25. The maximum absolute atomic E-state index is 12.1. The van der Waals surface area contributed by atoms with Crippen LogP contribution in [-0.2, 0) is 4.74 Å². The van der Waals surface area contributed by atoms with E-state index in [-0.39, 0.29) is 11.3 Å². The van der Waals surface area contributed by atoms with Gasteiger partial charge in [0.05, 0.1) is 17.7 Å². The first-order valence-electron chi connectivity index (χ1n) is 6.95. The normalized spacial score (nSPS) is 10.2. The summed E-state index contributed by atoms with van der Waals surface area (Å²) >= 11 is 11.7. The Kier molecular flexibility index (Phi) is 6.02. The van der Waals surface area contributed by atoms with Crippen molar-refractivity contribution < 1.29 is 19.1 Å². The Hall–Kier alpha value is -2.04. The van der Waals surface area contributed by atoms with E-state index in [0.717, 1.165) is 6.42 Å². The summed E-state index contributed by atoms with van der Waals surface area (Å²) in [5.41, 5.74) is 0.536. The number of hydrogen-bond acceptors (Lipinski definition) is 4. The molecule has 6 heteroatoms. The highest BCUT2D eigenvalue weighted by atomic mass is 35.5. The van der Waals surface area contributed by atoms with E-state index in [0.29, 0.717) is 22.2 Å². The highest BCUT2D eigenvalue weighted by Gasteiger charge is 2.13. The van der Waals surface area contributed by atoms with Gasteiger partial charge in [-0.1, -0.05) is 36.2 Å². The van der Waals surface area contributed by atoms with E-state index in [1.165, 1.54) is 24.3 Å². The first kappa shape index (κ1) is 17.3. The van der Waals surface area contributed by atoms with Gasteiger partial charge in [0.15, 0.2) is 0 Å². The van der Waals surface area contributed by atoms with Crippen molar-refractivity contribution in [3.05, 3.63) is 63.6 Å². The van der Waals surface area contributed by atoms with Crippen LogP contribution in [0.5, 0.6) is 5.75 Å². The molecule has 0 saturated carbocycles. The molecule has 0 N–H and O–H groups in total. The summed E-state index contributed by atoms with van der Waals surface area (Å²) in [6.45, 7) is 2.24.